The fraction of sp³-hybridized carbons (Fsp3) is 0.533. The van der Waals surface area contributed by atoms with Crippen LogP contribution in [0.25, 0.3) is 0 Å². The van der Waals surface area contributed by atoms with Crippen LogP contribution in [0, 0.1) is 0 Å². The van der Waals surface area contributed by atoms with E-state index < -0.39 is 0 Å². The van der Waals surface area contributed by atoms with E-state index >= 15 is 0 Å². The lowest BCUT2D eigenvalue weighted by atomic mass is 10.0. The molecule has 1 aromatic carbocycles. The van der Waals surface area contributed by atoms with Crippen molar-refractivity contribution in [1.29, 1.82) is 0 Å². The third-order valence-electron chi connectivity index (χ3n) is 4.24. The van der Waals surface area contributed by atoms with Gasteiger partial charge in [0.1, 0.15) is 0 Å². The van der Waals surface area contributed by atoms with E-state index in [0.29, 0.717) is 30.5 Å². The molecule has 0 spiro atoms. The summed E-state index contributed by atoms with van der Waals surface area (Å²) in [4.78, 5) is 13.9. The normalized spacial score (nSPS) is 28.5. The highest BCUT2D eigenvalue weighted by Crippen LogP contribution is 2.30. The lowest BCUT2D eigenvalue weighted by Crippen LogP contribution is -2.40. The molecule has 1 N–H and O–H groups in total. The van der Waals surface area contributed by atoms with Crippen molar-refractivity contribution in [3.8, 4) is 0 Å². The van der Waals surface area contributed by atoms with Crippen LogP contribution in [-0.2, 0) is 4.79 Å². The Kier molecular flexibility index (Phi) is 3.08. The third kappa shape index (κ3) is 2.03. The average molecular weight is 244 g/mol. The van der Waals surface area contributed by atoms with E-state index in [0.717, 1.165) is 19.4 Å². The summed E-state index contributed by atoms with van der Waals surface area (Å²) in [5.74, 6) is 0.329. The molecule has 2 fully saturated rings. The molecule has 2 saturated heterocycles. The molecule has 2 aliphatic rings. The number of carbonyl (C=O) groups excluding carboxylic acids is 1. The van der Waals surface area contributed by atoms with Gasteiger partial charge in [-0.3, -0.25) is 4.79 Å². The molecule has 96 valence electrons. The Bertz CT molecular complexity index is 431. The predicted octanol–water partition coefficient (Wildman–Crippen LogP) is 2.10. The molecule has 0 radical (unpaired) electrons. The van der Waals surface area contributed by atoms with Gasteiger partial charge in [-0.2, -0.15) is 0 Å². The second kappa shape index (κ2) is 4.73. The Balaban J connectivity index is 1.68. The lowest BCUT2D eigenvalue weighted by Gasteiger charge is -2.24. The first-order valence-corrected chi connectivity index (χ1v) is 6.86. The summed E-state index contributed by atoms with van der Waals surface area (Å²) in [6, 6.07) is 11.5. The summed E-state index contributed by atoms with van der Waals surface area (Å²) >= 11 is 0. The van der Waals surface area contributed by atoms with Gasteiger partial charge < -0.3 is 10.2 Å². The van der Waals surface area contributed by atoms with Crippen LogP contribution in [0.3, 0.4) is 0 Å². The highest BCUT2D eigenvalue weighted by Gasteiger charge is 2.42. The zero-order chi connectivity index (χ0) is 12.5. The number of nitrogens with zero attached hydrogens (tertiary/aromatic N) is 1. The number of carbonyl (C=O) groups is 1. The van der Waals surface area contributed by atoms with Crippen molar-refractivity contribution in [1.82, 2.24) is 10.2 Å². The van der Waals surface area contributed by atoms with Gasteiger partial charge in [-0.25, -0.2) is 0 Å². The third-order valence-corrected chi connectivity index (χ3v) is 4.24. The van der Waals surface area contributed by atoms with Gasteiger partial charge in [0.2, 0.25) is 5.91 Å². The highest BCUT2D eigenvalue weighted by molar-refractivity contribution is 5.80. The van der Waals surface area contributed by atoms with Crippen molar-refractivity contribution >= 4 is 5.91 Å². The number of hydrogen-bond donors (Lipinski definition) is 1. The van der Waals surface area contributed by atoms with Crippen molar-refractivity contribution in [2.24, 2.45) is 0 Å². The Hall–Kier alpha value is -1.35. The Morgan fingerprint density at radius 3 is 2.89 bits per heavy atom. The zero-order valence-electron chi connectivity index (χ0n) is 10.8. The summed E-state index contributed by atoms with van der Waals surface area (Å²) in [5, 5.41) is 3.63. The predicted molar refractivity (Wildman–Crippen MR) is 71.1 cm³/mol. The first-order chi connectivity index (χ1) is 8.75. The summed E-state index contributed by atoms with van der Waals surface area (Å²) in [6.07, 6.45) is 2.99. The summed E-state index contributed by atoms with van der Waals surface area (Å²) in [6.45, 7) is 3.14. The van der Waals surface area contributed by atoms with E-state index in [1.807, 2.05) is 6.07 Å². The molecule has 3 atom stereocenters. The zero-order valence-corrected chi connectivity index (χ0v) is 10.8. The van der Waals surface area contributed by atoms with Crippen LogP contribution in [0.4, 0.5) is 0 Å². The molecule has 0 bridgehead atoms. The molecule has 3 nitrogen and oxygen atoms in total. The summed E-state index contributed by atoms with van der Waals surface area (Å²) in [7, 11) is 0. The van der Waals surface area contributed by atoms with E-state index in [2.05, 4.69) is 41.4 Å². The van der Waals surface area contributed by atoms with Gasteiger partial charge >= 0.3 is 0 Å². The van der Waals surface area contributed by atoms with E-state index in [9.17, 15) is 4.79 Å². The molecule has 18 heavy (non-hydrogen) atoms. The van der Waals surface area contributed by atoms with Crippen LogP contribution in [0.2, 0.25) is 0 Å². The van der Waals surface area contributed by atoms with Gasteiger partial charge in [-0.05, 0) is 25.3 Å². The van der Waals surface area contributed by atoms with Crippen LogP contribution >= 0.6 is 0 Å². The molecule has 0 aromatic heterocycles. The fourth-order valence-electron chi connectivity index (χ4n) is 3.29. The minimum absolute atomic E-state index is 0.310. The summed E-state index contributed by atoms with van der Waals surface area (Å²) < 4.78 is 0. The smallest absolute Gasteiger partial charge is 0.224 e. The Morgan fingerprint density at radius 2 is 2.11 bits per heavy atom. The average Bonchev–Trinajstić information content (AvgIpc) is 2.97. The molecule has 1 aromatic rings. The SMILES string of the molecule is CC(NC1CC(=O)N2CCCC12)c1ccccc1. The topological polar surface area (TPSA) is 32.3 Å². The standard InChI is InChI=1S/C15H20N2O/c1-11(12-6-3-2-4-7-12)16-13-10-15(18)17-9-5-8-14(13)17/h2-4,6-7,11,13-14,16H,5,8-10H2,1H3. The second-order valence-electron chi connectivity index (χ2n) is 5.41. The Labute approximate surface area is 108 Å². The minimum atomic E-state index is 0.310. The number of benzene rings is 1. The quantitative estimate of drug-likeness (QED) is 0.883. The van der Waals surface area contributed by atoms with Gasteiger partial charge in [-0.1, -0.05) is 30.3 Å². The van der Waals surface area contributed by atoms with Gasteiger partial charge in [0.15, 0.2) is 0 Å². The van der Waals surface area contributed by atoms with Crippen LogP contribution in [0.1, 0.15) is 37.8 Å². The van der Waals surface area contributed by atoms with Crippen molar-refractivity contribution < 1.29 is 4.79 Å². The van der Waals surface area contributed by atoms with Crippen LogP contribution in [-0.4, -0.2) is 29.4 Å². The molecule has 2 aliphatic heterocycles. The van der Waals surface area contributed by atoms with E-state index in [-0.39, 0.29) is 0 Å². The van der Waals surface area contributed by atoms with E-state index in [1.54, 1.807) is 0 Å². The number of rotatable bonds is 3. The first-order valence-electron chi connectivity index (χ1n) is 6.86. The molecule has 3 rings (SSSR count). The van der Waals surface area contributed by atoms with Crippen LogP contribution < -0.4 is 5.32 Å². The molecule has 2 heterocycles. The first kappa shape index (κ1) is 11.7. The second-order valence-corrected chi connectivity index (χ2v) is 5.41. The molecule has 3 heteroatoms. The highest BCUT2D eigenvalue weighted by atomic mass is 16.2. The monoisotopic (exact) mass is 244 g/mol. The molecule has 0 aliphatic carbocycles. The van der Waals surface area contributed by atoms with Crippen molar-refractivity contribution in [2.75, 3.05) is 6.54 Å². The van der Waals surface area contributed by atoms with Gasteiger partial charge in [0, 0.05) is 31.1 Å². The van der Waals surface area contributed by atoms with Crippen molar-refractivity contribution in [3.05, 3.63) is 35.9 Å². The van der Waals surface area contributed by atoms with Crippen molar-refractivity contribution in [2.45, 2.75) is 44.3 Å². The molecular formula is C15H20N2O. The largest absolute Gasteiger partial charge is 0.338 e. The number of fused-ring (bicyclic) bond motifs is 1. The molecule has 1 amide bonds. The van der Waals surface area contributed by atoms with E-state index in [1.165, 1.54) is 5.56 Å². The van der Waals surface area contributed by atoms with Gasteiger partial charge in [-0.15, -0.1) is 0 Å². The minimum Gasteiger partial charge on any atom is -0.338 e. The summed E-state index contributed by atoms with van der Waals surface area (Å²) in [5.41, 5.74) is 1.29. The van der Waals surface area contributed by atoms with E-state index in [4.69, 9.17) is 0 Å². The molecule has 0 saturated carbocycles. The number of hydrogen-bond acceptors (Lipinski definition) is 2. The maximum Gasteiger partial charge on any atom is 0.224 e. The fourth-order valence-corrected chi connectivity index (χ4v) is 3.29. The van der Waals surface area contributed by atoms with Crippen molar-refractivity contribution in [3.63, 3.8) is 0 Å². The van der Waals surface area contributed by atoms with Crippen LogP contribution in [0.5, 0.6) is 0 Å². The maximum absolute atomic E-state index is 11.9. The Morgan fingerprint density at radius 1 is 1.33 bits per heavy atom. The maximum atomic E-state index is 11.9. The van der Waals surface area contributed by atoms with Gasteiger partial charge in [0.05, 0.1) is 0 Å². The number of amides is 1. The molecular weight excluding hydrogens is 224 g/mol. The van der Waals surface area contributed by atoms with Gasteiger partial charge in [0.25, 0.3) is 0 Å². The van der Waals surface area contributed by atoms with Crippen LogP contribution in [0.15, 0.2) is 30.3 Å². The number of nitrogens with one attached hydrogen (secondary N) is 1. The lowest BCUT2D eigenvalue weighted by molar-refractivity contribution is -0.127. The molecule has 3 unspecified atom stereocenters.